The number of nitrogens with zero attached hydrogens (tertiary/aromatic N) is 2. The van der Waals surface area contributed by atoms with Crippen molar-refractivity contribution in [1.29, 1.82) is 0 Å². The van der Waals surface area contributed by atoms with E-state index in [1.807, 2.05) is 0 Å². The molecule has 3 atom stereocenters. The lowest BCUT2D eigenvalue weighted by molar-refractivity contribution is -0.131. The lowest BCUT2D eigenvalue weighted by Gasteiger charge is -2.30. The second-order valence-electron chi connectivity index (χ2n) is 6.66. The van der Waals surface area contributed by atoms with Crippen molar-refractivity contribution in [2.45, 2.75) is 44.7 Å². The van der Waals surface area contributed by atoms with Gasteiger partial charge in [-0.3, -0.25) is 19.9 Å². The molecule has 0 spiro atoms. The number of rotatable bonds is 5. The van der Waals surface area contributed by atoms with E-state index in [0.29, 0.717) is 18.0 Å². The van der Waals surface area contributed by atoms with E-state index >= 15 is 0 Å². The molecule has 1 saturated carbocycles. The molecule has 1 saturated heterocycles. The monoisotopic (exact) mass is 372 g/mol. The fraction of sp³-hybridized carbons (Fsp3) is 0.474. The Labute approximate surface area is 157 Å². The topological polar surface area (TPSA) is 114 Å². The summed E-state index contributed by atoms with van der Waals surface area (Å²) in [5.74, 6) is -2.11. The second-order valence-corrected chi connectivity index (χ2v) is 6.66. The summed E-state index contributed by atoms with van der Waals surface area (Å²) in [5, 5.41) is 2.23. The zero-order valence-corrected chi connectivity index (χ0v) is 15.3. The summed E-state index contributed by atoms with van der Waals surface area (Å²) >= 11 is 0. The SMILES string of the molecule is CCOc1ccccc1N1C(=O)NC(=O)[C@H](C=N[C@@H]2CCCC[C@@H]2N)C1=O. The molecule has 3 rings (SSSR count). The van der Waals surface area contributed by atoms with E-state index in [4.69, 9.17) is 10.5 Å². The van der Waals surface area contributed by atoms with Gasteiger partial charge in [0.25, 0.3) is 5.91 Å². The van der Waals surface area contributed by atoms with E-state index in [0.717, 1.165) is 30.6 Å². The third kappa shape index (κ3) is 4.00. The third-order valence-electron chi connectivity index (χ3n) is 4.82. The molecular weight excluding hydrogens is 348 g/mol. The number of ether oxygens (including phenoxy) is 1. The minimum atomic E-state index is -1.17. The molecule has 27 heavy (non-hydrogen) atoms. The smallest absolute Gasteiger partial charge is 0.335 e. The third-order valence-corrected chi connectivity index (χ3v) is 4.82. The molecule has 2 aliphatic rings. The van der Waals surface area contributed by atoms with Crippen molar-refractivity contribution in [3.8, 4) is 5.75 Å². The van der Waals surface area contributed by atoms with Crippen molar-refractivity contribution >= 4 is 29.7 Å². The van der Waals surface area contributed by atoms with Crippen molar-refractivity contribution in [1.82, 2.24) is 5.32 Å². The molecular formula is C19H24N4O4. The van der Waals surface area contributed by atoms with Crippen LogP contribution in [0.1, 0.15) is 32.6 Å². The van der Waals surface area contributed by atoms with Gasteiger partial charge in [-0.25, -0.2) is 9.69 Å². The van der Waals surface area contributed by atoms with Gasteiger partial charge in [0.15, 0.2) is 5.92 Å². The summed E-state index contributed by atoms with van der Waals surface area (Å²) in [5.41, 5.74) is 6.37. The van der Waals surface area contributed by atoms with Gasteiger partial charge in [-0.05, 0) is 31.9 Å². The number of carbonyl (C=O) groups excluding carboxylic acids is 3. The number of para-hydroxylation sites is 2. The molecule has 1 aromatic carbocycles. The first kappa shape index (κ1) is 19.0. The van der Waals surface area contributed by atoms with Crippen molar-refractivity contribution in [3.05, 3.63) is 24.3 Å². The van der Waals surface area contributed by atoms with E-state index in [-0.39, 0.29) is 12.1 Å². The molecule has 1 heterocycles. The highest BCUT2D eigenvalue weighted by molar-refractivity contribution is 6.32. The molecule has 1 aliphatic heterocycles. The van der Waals surface area contributed by atoms with Gasteiger partial charge in [0.05, 0.1) is 18.3 Å². The molecule has 8 nitrogen and oxygen atoms in total. The highest BCUT2D eigenvalue weighted by atomic mass is 16.5. The van der Waals surface area contributed by atoms with Gasteiger partial charge < -0.3 is 10.5 Å². The van der Waals surface area contributed by atoms with E-state index in [1.54, 1.807) is 31.2 Å². The molecule has 8 heteroatoms. The van der Waals surface area contributed by atoms with Crippen LogP contribution in [-0.4, -0.2) is 42.8 Å². The lowest BCUT2D eigenvalue weighted by Crippen LogP contribution is -2.58. The number of hydrogen-bond acceptors (Lipinski definition) is 6. The number of barbiturate groups is 1. The number of imide groups is 2. The Kier molecular flexibility index (Phi) is 5.85. The Bertz CT molecular complexity index is 764. The molecule has 1 aromatic rings. The Morgan fingerprint density at radius 1 is 1.26 bits per heavy atom. The van der Waals surface area contributed by atoms with Crippen LogP contribution in [0.3, 0.4) is 0 Å². The number of anilines is 1. The quantitative estimate of drug-likeness (QED) is 0.602. The minimum absolute atomic E-state index is 0.0758. The minimum Gasteiger partial charge on any atom is -0.492 e. The predicted octanol–water partition coefficient (Wildman–Crippen LogP) is 1.62. The summed E-state index contributed by atoms with van der Waals surface area (Å²) in [7, 11) is 0. The maximum Gasteiger partial charge on any atom is 0.335 e. The average molecular weight is 372 g/mol. The highest BCUT2D eigenvalue weighted by Crippen LogP contribution is 2.30. The standard InChI is InChI=1S/C19H24N4O4/c1-2-27-16-10-6-5-9-15(16)23-18(25)12(17(24)22-19(23)26)11-21-14-8-4-3-7-13(14)20/h5-6,9-14H,2-4,7-8,20H2,1H3,(H,22,24,26)/t12-,13-,14+/m0/s1. The van der Waals surface area contributed by atoms with Crippen LogP contribution in [0.25, 0.3) is 0 Å². The summed E-state index contributed by atoms with van der Waals surface area (Å²) < 4.78 is 5.51. The van der Waals surface area contributed by atoms with Crippen LogP contribution in [0.2, 0.25) is 0 Å². The molecule has 3 N–H and O–H groups in total. The largest absolute Gasteiger partial charge is 0.492 e. The van der Waals surface area contributed by atoms with Crippen LogP contribution in [0.5, 0.6) is 5.75 Å². The predicted molar refractivity (Wildman–Crippen MR) is 101 cm³/mol. The zero-order valence-electron chi connectivity index (χ0n) is 15.3. The zero-order chi connectivity index (χ0) is 19.4. The highest BCUT2D eigenvalue weighted by Gasteiger charge is 2.41. The molecule has 0 aromatic heterocycles. The van der Waals surface area contributed by atoms with Crippen molar-refractivity contribution in [3.63, 3.8) is 0 Å². The number of urea groups is 1. The van der Waals surface area contributed by atoms with Crippen LogP contribution in [0.4, 0.5) is 10.5 Å². The number of carbonyl (C=O) groups is 3. The normalized spacial score (nSPS) is 26.4. The van der Waals surface area contributed by atoms with Gasteiger partial charge in [0.2, 0.25) is 5.91 Å². The van der Waals surface area contributed by atoms with Crippen molar-refractivity contribution in [2.75, 3.05) is 11.5 Å². The average Bonchev–Trinajstić information content (AvgIpc) is 2.64. The molecule has 4 amide bonds. The summed E-state index contributed by atoms with van der Waals surface area (Å²) in [6.07, 6.45) is 5.12. The molecule has 0 radical (unpaired) electrons. The second kappa shape index (κ2) is 8.30. The summed E-state index contributed by atoms with van der Waals surface area (Å²) in [6.45, 7) is 2.19. The van der Waals surface area contributed by atoms with E-state index in [1.165, 1.54) is 6.21 Å². The summed E-state index contributed by atoms with van der Waals surface area (Å²) in [4.78, 5) is 42.8. The number of amides is 4. The van der Waals surface area contributed by atoms with Gasteiger partial charge in [0.1, 0.15) is 5.75 Å². The van der Waals surface area contributed by atoms with Gasteiger partial charge in [-0.1, -0.05) is 25.0 Å². The van der Waals surface area contributed by atoms with Crippen LogP contribution >= 0.6 is 0 Å². The first-order chi connectivity index (χ1) is 13.0. The van der Waals surface area contributed by atoms with Crippen LogP contribution in [0.15, 0.2) is 29.3 Å². The Hall–Kier alpha value is -2.74. The maximum atomic E-state index is 12.9. The maximum absolute atomic E-state index is 12.9. The van der Waals surface area contributed by atoms with Crippen LogP contribution in [0, 0.1) is 5.92 Å². The van der Waals surface area contributed by atoms with Gasteiger partial charge in [-0.2, -0.15) is 0 Å². The van der Waals surface area contributed by atoms with Crippen molar-refractivity contribution in [2.24, 2.45) is 16.6 Å². The molecule has 2 fully saturated rings. The number of benzene rings is 1. The van der Waals surface area contributed by atoms with Gasteiger partial charge >= 0.3 is 6.03 Å². The number of nitrogens with one attached hydrogen (secondary N) is 1. The van der Waals surface area contributed by atoms with Gasteiger partial charge in [0, 0.05) is 12.3 Å². The molecule has 0 bridgehead atoms. The Morgan fingerprint density at radius 3 is 2.74 bits per heavy atom. The fourth-order valence-corrected chi connectivity index (χ4v) is 3.39. The first-order valence-electron chi connectivity index (χ1n) is 9.22. The number of aliphatic imine (C=N–C) groups is 1. The lowest BCUT2D eigenvalue weighted by atomic mass is 9.91. The van der Waals surface area contributed by atoms with E-state index < -0.39 is 23.8 Å². The molecule has 0 unspecified atom stereocenters. The number of hydrogen-bond donors (Lipinski definition) is 2. The van der Waals surface area contributed by atoms with Crippen LogP contribution in [-0.2, 0) is 9.59 Å². The van der Waals surface area contributed by atoms with Gasteiger partial charge in [-0.15, -0.1) is 0 Å². The van der Waals surface area contributed by atoms with Crippen molar-refractivity contribution < 1.29 is 19.1 Å². The fourth-order valence-electron chi connectivity index (χ4n) is 3.39. The summed E-state index contributed by atoms with van der Waals surface area (Å²) in [6, 6.07) is 5.73. The molecule has 1 aliphatic carbocycles. The Balaban J connectivity index is 1.86. The number of nitrogens with two attached hydrogens (primary N) is 1. The van der Waals surface area contributed by atoms with E-state index in [2.05, 4.69) is 10.3 Å². The Morgan fingerprint density at radius 2 is 2.00 bits per heavy atom. The van der Waals surface area contributed by atoms with Crippen LogP contribution < -0.4 is 20.7 Å². The molecule has 144 valence electrons. The van der Waals surface area contributed by atoms with E-state index in [9.17, 15) is 14.4 Å². The first-order valence-corrected chi connectivity index (χ1v) is 9.22.